The van der Waals surface area contributed by atoms with Gasteiger partial charge >= 0.3 is 0 Å². The van der Waals surface area contributed by atoms with Gasteiger partial charge in [0.25, 0.3) is 0 Å². The van der Waals surface area contributed by atoms with Crippen molar-refractivity contribution in [1.29, 1.82) is 0 Å². The Balaban J connectivity index is 1.87. The summed E-state index contributed by atoms with van der Waals surface area (Å²) in [7, 11) is 1.66. The highest BCUT2D eigenvalue weighted by Crippen LogP contribution is 2.28. The molecule has 0 radical (unpaired) electrons. The Bertz CT molecular complexity index is 599. The molecule has 2 aromatic rings. The number of benzene rings is 1. The van der Waals surface area contributed by atoms with Crippen molar-refractivity contribution < 1.29 is 9.47 Å². The smallest absolute Gasteiger partial charge is 0.225 e. The number of rotatable bonds is 2. The number of aryl methyl sites for hydroxylation is 1. The maximum absolute atomic E-state index is 5.79. The van der Waals surface area contributed by atoms with E-state index < -0.39 is 0 Å². The van der Waals surface area contributed by atoms with Gasteiger partial charge in [-0.15, -0.1) is 0 Å². The molecule has 5 nitrogen and oxygen atoms in total. The summed E-state index contributed by atoms with van der Waals surface area (Å²) in [5, 5.41) is 0. The van der Waals surface area contributed by atoms with Crippen LogP contribution in [0.2, 0.25) is 0 Å². The van der Waals surface area contributed by atoms with E-state index in [0.29, 0.717) is 6.61 Å². The lowest BCUT2D eigenvalue weighted by Crippen LogP contribution is -2.27. The van der Waals surface area contributed by atoms with E-state index in [-0.39, 0.29) is 0 Å². The SMILES string of the molecule is COc1ccc2c(c1)OCCN(c1ncc(C)cn1)C2. The molecule has 1 aromatic heterocycles. The summed E-state index contributed by atoms with van der Waals surface area (Å²) < 4.78 is 11.0. The minimum absolute atomic E-state index is 0.609. The second kappa shape index (κ2) is 5.36. The maximum atomic E-state index is 5.79. The molecule has 1 aliphatic rings. The van der Waals surface area contributed by atoms with Crippen LogP contribution in [0.4, 0.5) is 5.95 Å². The van der Waals surface area contributed by atoms with E-state index in [4.69, 9.17) is 9.47 Å². The second-order valence-corrected chi connectivity index (χ2v) is 4.80. The summed E-state index contributed by atoms with van der Waals surface area (Å²) in [5.41, 5.74) is 2.18. The Morgan fingerprint density at radius 2 is 2.05 bits per heavy atom. The molecule has 0 N–H and O–H groups in total. The molecule has 20 heavy (non-hydrogen) atoms. The first-order chi connectivity index (χ1) is 9.76. The zero-order valence-corrected chi connectivity index (χ0v) is 11.7. The molecular formula is C15H17N3O2. The highest BCUT2D eigenvalue weighted by molar-refractivity contribution is 5.44. The van der Waals surface area contributed by atoms with Crippen molar-refractivity contribution in [1.82, 2.24) is 9.97 Å². The first kappa shape index (κ1) is 12.7. The highest BCUT2D eigenvalue weighted by Gasteiger charge is 2.17. The molecule has 104 valence electrons. The van der Waals surface area contributed by atoms with Crippen LogP contribution in [0, 0.1) is 6.92 Å². The largest absolute Gasteiger partial charge is 0.497 e. The topological polar surface area (TPSA) is 47.5 Å². The first-order valence-electron chi connectivity index (χ1n) is 6.59. The monoisotopic (exact) mass is 271 g/mol. The molecule has 1 aromatic carbocycles. The van der Waals surface area contributed by atoms with Gasteiger partial charge in [-0.05, 0) is 24.6 Å². The molecule has 0 bridgehead atoms. The van der Waals surface area contributed by atoms with Crippen molar-refractivity contribution in [3.8, 4) is 11.5 Å². The van der Waals surface area contributed by atoms with Crippen LogP contribution in [-0.4, -0.2) is 30.2 Å². The van der Waals surface area contributed by atoms with E-state index in [1.165, 1.54) is 0 Å². The minimum atomic E-state index is 0.609. The Kier molecular flexibility index (Phi) is 3.41. The molecule has 0 saturated carbocycles. The Hall–Kier alpha value is -2.30. The van der Waals surface area contributed by atoms with Crippen LogP contribution in [0.15, 0.2) is 30.6 Å². The van der Waals surface area contributed by atoms with Crippen LogP contribution in [-0.2, 0) is 6.54 Å². The van der Waals surface area contributed by atoms with Gasteiger partial charge in [-0.1, -0.05) is 0 Å². The number of ether oxygens (including phenoxy) is 2. The number of aromatic nitrogens is 2. The molecule has 0 atom stereocenters. The quantitative estimate of drug-likeness (QED) is 0.838. The number of fused-ring (bicyclic) bond motifs is 1. The molecule has 2 heterocycles. The van der Waals surface area contributed by atoms with Crippen molar-refractivity contribution >= 4 is 5.95 Å². The number of methoxy groups -OCH3 is 1. The Labute approximate surface area is 118 Å². The summed E-state index contributed by atoms with van der Waals surface area (Å²) in [6.45, 7) is 4.09. The molecule has 5 heteroatoms. The van der Waals surface area contributed by atoms with Gasteiger partial charge in [-0.25, -0.2) is 9.97 Å². The average molecular weight is 271 g/mol. The third-order valence-corrected chi connectivity index (χ3v) is 3.30. The first-order valence-corrected chi connectivity index (χ1v) is 6.59. The fourth-order valence-corrected chi connectivity index (χ4v) is 2.20. The number of hydrogen-bond donors (Lipinski definition) is 0. The van der Waals surface area contributed by atoms with E-state index in [1.54, 1.807) is 7.11 Å². The van der Waals surface area contributed by atoms with Gasteiger partial charge in [0, 0.05) is 30.6 Å². The zero-order chi connectivity index (χ0) is 13.9. The number of nitrogens with zero attached hydrogens (tertiary/aromatic N) is 3. The third-order valence-electron chi connectivity index (χ3n) is 3.30. The Morgan fingerprint density at radius 1 is 1.25 bits per heavy atom. The Morgan fingerprint density at radius 3 is 2.80 bits per heavy atom. The van der Waals surface area contributed by atoms with Gasteiger partial charge in [0.05, 0.1) is 13.7 Å². The fraction of sp³-hybridized carbons (Fsp3) is 0.333. The van der Waals surface area contributed by atoms with E-state index in [0.717, 1.165) is 41.7 Å². The second-order valence-electron chi connectivity index (χ2n) is 4.80. The summed E-state index contributed by atoms with van der Waals surface area (Å²) >= 11 is 0. The number of hydrogen-bond acceptors (Lipinski definition) is 5. The average Bonchev–Trinajstić information content (AvgIpc) is 2.69. The molecule has 0 aliphatic carbocycles. The van der Waals surface area contributed by atoms with Gasteiger partial charge in [0.15, 0.2) is 0 Å². The molecule has 0 unspecified atom stereocenters. The van der Waals surface area contributed by atoms with Gasteiger partial charge in [-0.2, -0.15) is 0 Å². The molecule has 0 spiro atoms. The molecule has 3 rings (SSSR count). The van der Waals surface area contributed by atoms with Gasteiger partial charge < -0.3 is 14.4 Å². The van der Waals surface area contributed by atoms with Crippen LogP contribution in [0.1, 0.15) is 11.1 Å². The zero-order valence-electron chi connectivity index (χ0n) is 11.7. The maximum Gasteiger partial charge on any atom is 0.225 e. The lowest BCUT2D eigenvalue weighted by atomic mass is 10.2. The standard InChI is InChI=1S/C15H17N3O2/c1-11-8-16-15(17-9-11)18-5-6-20-14-7-13(19-2)4-3-12(14)10-18/h3-4,7-9H,5-6,10H2,1-2H3. The van der Waals surface area contributed by atoms with E-state index in [1.807, 2.05) is 37.5 Å². The lowest BCUT2D eigenvalue weighted by Gasteiger charge is -2.19. The van der Waals surface area contributed by atoms with Crippen molar-refractivity contribution in [2.75, 3.05) is 25.2 Å². The van der Waals surface area contributed by atoms with Crippen LogP contribution in [0.25, 0.3) is 0 Å². The van der Waals surface area contributed by atoms with Crippen molar-refractivity contribution in [2.45, 2.75) is 13.5 Å². The minimum Gasteiger partial charge on any atom is -0.497 e. The van der Waals surface area contributed by atoms with Crippen LogP contribution in [0.3, 0.4) is 0 Å². The van der Waals surface area contributed by atoms with Crippen molar-refractivity contribution in [3.63, 3.8) is 0 Å². The predicted molar refractivity (Wildman–Crippen MR) is 76.3 cm³/mol. The summed E-state index contributed by atoms with van der Waals surface area (Å²) in [4.78, 5) is 10.9. The van der Waals surface area contributed by atoms with Gasteiger partial charge in [0.1, 0.15) is 18.1 Å². The summed E-state index contributed by atoms with van der Waals surface area (Å²) in [6.07, 6.45) is 3.67. The normalized spacial score (nSPS) is 14.2. The van der Waals surface area contributed by atoms with Crippen LogP contribution in [0.5, 0.6) is 11.5 Å². The van der Waals surface area contributed by atoms with Gasteiger partial charge in [-0.3, -0.25) is 0 Å². The summed E-state index contributed by atoms with van der Waals surface area (Å²) in [6, 6.07) is 5.90. The lowest BCUT2D eigenvalue weighted by molar-refractivity contribution is 0.328. The van der Waals surface area contributed by atoms with Crippen LogP contribution >= 0.6 is 0 Å². The molecule has 0 amide bonds. The fourth-order valence-electron chi connectivity index (χ4n) is 2.20. The van der Waals surface area contributed by atoms with E-state index >= 15 is 0 Å². The predicted octanol–water partition coefficient (Wildman–Crippen LogP) is 2.19. The molecule has 0 saturated heterocycles. The molecule has 1 aliphatic heterocycles. The number of anilines is 1. The van der Waals surface area contributed by atoms with Crippen molar-refractivity contribution in [3.05, 3.63) is 41.7 Å². The summed E-state index contributed by atoms with van der Waals surface area (Å²) in [5.74, 6) is 2.42. The van der Waals surface area contributed by atoms with Crippen molar-refractivity contribution in [2.24, 2.45) is 0 Å². The third kappa shape index (κ3) is 2.52. The molecule has 0 fully saturated rings. The van der Waals surface area contributed by atoms with E-state index in [2.05, 4.69) is 14.9 Å². The highest BCUT2D eigenvalue weighted by atomic mass is 16.5. The van der Waals surface area contributed by atoms with E-state index in [9.17, 15) is 0 Å². The molecular weight excluding hydrogens is 254 g/mol. The van der Waals surface area contributed by atoms with Crippen LogP contribution < -0.4 is 14.4 Å². The van der Waals surface area contributed by atoms with Gasteiger partial charge in [0.2, 0.25) is 5.95 Å².